The number of hydrogen-bond donors (Lipinski definition) is 0. The molecule has 1 aromatic carbocycles. The monoisotopic (exact) mass is 354 g/mol. The Morgan fingerprint density at radius 3 is 0.905 bits per heavy atom. The molecule has 0 saturated carbocycles. The molecule has 1 aromatic rings. The predicted octanol–water partition coefficient (Wildman–Crippen LogP) is 4.44. The van der Waals surface area contributed by atoms with Crippen LogP contribution in [0.4, 0.5) is 0 Å². The summed E-state index contributed by atoms with van der Waals surface area (Å²) in [6.07, 6.45) is 0. The average Bonchev–Trinajstić information content (AvgIpc) is 2.06. The van der Waals surface area contributed by atoms with Gasteiger partial charge in [-0.15, -0.1) is 0 Å². The maximum absolute atomic E-state index is 11.8. The molecule has 0 fully saturated rings. The Balaban J connectivity index is 3.22. The second-order valence-corrected chi connectivity index (χ2v) is 13.7. The fraction of sp³-hybridized carbons (Fsp3) is 0.500. The van der Waals surface area contributed by atoms with E-state index in [2.05, 4.69) is 0 Å². The van der Waals surface area contributed by atoms with Crippen molar-refractivity contribution in [3.63, 3.8) is 0 Å². The van der Waals surface area contributed by atoms with Crippen LogP contribution in [0.5, 0.6) is 17.2 Å². The average molecular weight is 354 g/mol. The van der Waals surface area contributed by atoms with E-state index < -0.39 is 22.1 Å². The molecule has 0 N–H and O–H groups in total. The maximum atomic E-state index is 11.8. The maximum Gasteiger partial charge on any atom is 0.242 e. The molecule has 21 heavy (non-hydrogen) atoms. The fourth-order valence-electron chi connectivity index (χ4n) is 1.47. The van der Waals surface area contributed by atoms with Crippen LogP contribution in [0.15, 0.2) is 18.2 Å². The summed E-state index contributed by atoms with van der Waals surface area (Å²) in [6, 6.07) is 4.42. The Morgan fingerprint density at radius 2 is 0.762 bits per heavy atom. The molecular formula is C12H21O6P3. The molecule has 0 aromatic heterocycles. The van der Waals surface area contributed by atoms with Crippen LogP contribution in [0.2, 0.25) is 0 Å². The van der Waals surface area contributed by atoms with Crippen molar-refractivity contribution in [1.82, 2.24) is 0 Å². The summed E-state index contributed by atoms with van der Waals surface area (Å²) in [6.45, 7) is 8.81. The first-order valence-corrected chi connectivity index (χ1v) is 13.7. The van der Waals surface area contributed by atoms with Crippen LogP contribution in [-0.4, -0.2) is 40.0 Å². The Labute approximate surface area is 125 Å². The molecule has 0 saturated heterocycles. The Bertz CT molecular complexity index is 548. The van der Waals surface area contributed by atoms with Gasteiger partial charge in [-0.25, -0.2) is 0 Å². The zero-order valence-electron chi connectivity index (χ0n) is 13.0. The van der Waals surface area contributed by atoms with E-state index in [4.69, 9.17) is 13.6 Å². The van der Waals surface area contributed by atoms with Crippen LogP contribution in [-0.2, 0) is 13.7 Å². The molecule has 0 atom stereocenters. The highest BCUT2D eigenvalue weighted by molar-refractivity contribution is 7.58. The smallest absolute Gasteiger partial charge is 0.242 e. The normalized spacial score (nSPS) is 12.9. The standard InChI is InChI=1S/C12H21O6P3/c1-19(2,13)16-10-7-11(17-20(3,4)14)9-12(8-10)18-21(5,6)15/h7-9H,1-6H3. The van der Waals surface area contributed by atoms with E-state index in [1.165, 1.54) is 58.2 Å². The minimum atomic E-state index is -2.78. The Hall–Kier alpha value is -0.690. The molecule has 0 aliphatic rings. The highest BCUT2D eigenvalue weighted by Gasteiger charge is 2.17. The summed E-state index contributed by atoms with van der Waals surface area (Å²) in [5.41, 5.74) is 0. The quantitative estimate of drug-likeness (QED) is 0.703. The molecule has 9 heteroatoms. The third-order valence-electron chi connectivity index (χ3n) is 1.83. The van der Waals surface area contributed by atoms with E-state index >= 15 is 0 Å². The van der Waals surface area contributed by atoms with Gasteiger partial charge >= 0.3 is 0 Å². The van der Waals surface area contributed by atoms with Gasteiger partial charge in [0.15, 0.2) is 0 Å². The third kappa shape index (κ3) is 8.36. The first-order chi connectivity index (χ1) is 9.23. The van der Waals surface area contributed by atoms with Crippen molar-refractivity contribution >= 4 is 22.1 Å². The van der Waals surface area contributed by atoms with E-state index in [9.17, 15) is 13.7 Å². The van der Waals surface area contributed by atoms with Crippen molar-refractivity contribution in [3.05, 3.63) is 18.2 Å². The molecule has 0 unspecified atom stereocenters. The summed E-state index contributed by atoms with van der Waals surface area (Å²) in [5.74, 6) is 0.744. The van der Waals surface area contributed by atoms with Gasteiger partial charge in [-0.1, -0.05) is 0 Å². The van der Waals surface area contributed by atoms with E-state index in [1.807, 2.05) is 0 Å². The molecule has 0 heterocycles. The van der Waals surface area contributed by atoms with Crippen LogP contribution in [0.3, 0.4) is 0 Å². The number of rotatable bonds is 6. The zero-order chi connectivity index (χ0) is 16.5. The second-order valence-electron chi connectivity index (χ2n) is 5.67. The van der Waals surface area contributed by atoms with Gasteiger partial charge < -0.3 is 13.6 Å². The lowest BCUT2D eigenvalue weighted by Crippen LogP contribution is -1.95. The van der Waals surface area contributed by atoms with E-state index in [1.54, 1.807) is 0 Å². The van der Waals surface area contributed by atoms with Crippen LogP contribution in [0, 0.1) is 0 Å². The van der Waals surface area contributed by atoms with Gasteiger partial charge in [-0.2, -0.15) is 0 Å². The summed E-state index contributed by atoms with van der Waals surface area (Å²) < 4.78 is 51.3. The molecule has 0 spiro atoms. The lowest BCUT2D eigenvalue weighted by molar-refractivity contribution is 0.474. The van der Waals surface area contributed by atoms with Crippen LogP contribution in [0.1, 0.15) is 0 Å². The van der Waals surface area contributed by atoms with Crippen LogP contribution < -0.4 is 13.6 Å². The van der Waals surface area contributed by atoms with Gasteiger partial charge in [-0.3, -0.25) is 13.7 Å². The molecule has 120 valence electrons. The van der Waals surface area contributed by atoms with E-state index in [0.29, 0.717) is 0 Å². The molecule has 1 rings (SSSR count). The number of benzene rings is 1. The van der Waals surface area contributed by atoms with Crippen LogP contribution >= 0.6 is 22.1 Å². The van der Waals surface area contributed by atoms with Crippen molar-refractivity contribution < 1.29 is 27.3 Å². The summed E-state index contributed by atoms with van der Waals surface area (Å²) in [4.78, 5) is 0. The SMILES string of the molecule is CP(C)(=O)Oc1cc(OP(C)(C)=O)cc(OP(C)(C)=O)c1. The van der Waals surface area contributed by atoms with Gasteiger partial charge in [0, 0.05) is 58.2 Å². The predicted molar refractivity (Wildman–Crippen MR) is 86.7 cm³/mol. The van der Waals surface area contributed by atoms with Crippen molar-refractivity contribution in [3.8, 4) is 17.2 Å². The fourth-order valence-corrected chi connectivity index (χ4v) is 3.30. The summed E-state index contributed by atoms with van der Waals surface area (Å²) >= 11 is 0. The lowest BCUT2D eigenvalue weighted by atomic mass is 10.3. The van der Waals surface area contributed by atoms with Gasteiger partial charge in [0.2, 0.25) is 22.1 Å². The number of hydrogen-bond acceptors (Lipinski definition) is 6. The third-order valence-corrected chi connectivity index (χ3v) is 3.78. The van der Waals surface area contributed by atoms with E-state index in [0.717, 1.165) is 0 Å². The highest BCUT2D eigenvalue weighted by atomic mass is 31.2. The molecule has 0 radical (unpaired) electrons. The topological polar surface area (TPSA) is 78.9 Å². The molecule has 6 nitrogen and oxygen atoms in total. The van der Waals surface area contributed by atoms with Gasteiger partial charge in [0.25, 0.3) is 0 Å². The molecule has 0 aliphatic carbocycles. The van der Waals surface area contributed by atoms with Crippen molar-refractivity contribution in [2.45, 2.75) is 0 Å². The summed E-state index contributed by atoms with van der Waals surface area (Å²) in [7, 11) is -8.34. The summed E-state index contributed by atoms with van der Waals surface area (Å²) in [5, 5.41) is 0. The van der Waals surface area contributed by atoms with Crippen LogP contribution in [0.25, 0.3) is 0 Å². The van der Waals surface area contributed by atoms with Crippen molar-refractivity contribution in [2.75, 3.05) is 40.0 Å². The minimum Gasteiger partial charge on any atom is -0.443 e. The minimum absolute atomic E-state index is 0.248. The largest absolute Gasteiger partial charge is 0.443 e. The molecule has 0 amide bonds. The van der Waals surface area contributed by atoms with Gasteiger partial charge in [-0.05, 0) is 0 Å². The molecular weight excluding hydrogens is 333 g/mol. The molecule has 0 bridgehead atoms. The first-order valence-electron chi connectivity index (χ1n) is 6.12. The second kappa shape index (κ2) is 6.20. The highest BCUT2D eigenvalue weighted by Crippen LogP contribution is 2.47. The van der Waals surface area contributed by atoms with Crippen molar-refractivity contribution in [2.24, 2.45) is 0 Å². The van der Waals surface area contributed by atoms with Crippen molar-refractivity contribution in [1.29, 1.82) is 0 Å². The molecule has 0 aliphatic heterocycles. The first kappa shape index (κ1) is 18.4. The van der Waals surface area contributed by atoms with Gasteiger partial charge in [0.1, 0.15) is 17.2 Å². The Morgan fingerprint density at radius 1 is 0.571 bits per heavy atom. The Kier molecular flexibility index (Phi) is 5.42. The van der Waals surface area contributed by atoms with E-state index in [-0.39, 0.29) is 17.2 Å². The lowest BCUT2D eigenvalue weighted by Gasteiger charge is -2.17. The van der Waals surface area contributed by atoms with Gasteiger partial charge in [0.05, 0.1) is 0 Å². The zero-order valence-corrected chi connectivity index (χ0v) is 15.7.